The summed E-state index contributed by atoms with van der Waals surface area (Å²) in [6, 6.07) is 6.73. The summed E-state index contributed by atoms with van der Waals surface area (Å²) < 4.78 is 5.53. The fraction of sp³-hybridized carbons (Fsp3) is 0.684. The molecule has 1 N–H and O–H groups in total. The van der Waals surface area contributed by atoms with Gasteiger partial charge < -0.3 is 10.1 Å². The number of hydrogen-bond acceptors (Lipinski definition) is 2. The highest BCUT2D eigenvalue weighted by molar-refractivity contribution is 5.42. The molecule has 2 nitrogen and oxygen atoms in total. The molecule has 1 saturated carbocycles. The Bertz CT molecular complexity index is 503. The molecule has 0 spiro atoms. The average Bonchev–Trinajstić information content (AvgIpc) is 2.33. The number of ether oxygens (including phenoxy) is 1. The average molecular weight is 289 g/mol. The van der Waals surface area contributed by atoms with Crippen LogP contribution in [-0.2, 0) is 5.41 Å². The Morgan fingerprint density at radius 2 is 1.81 bits per heavy atom. The molecule has 0 aromatic heterocycles. The molecule has 0 heterocycles. The van der Waals surface area contributed by atoms with Crippen molar-refractivity contribution in [2.24, 2.45) is 5.41 Å². The first-order valence-electron chi connectivity index (χ1n) is 7.97. The molecule has 2 heteroatoms. The summed E-state index contributed by atoms with van der Waals surface area (Å²) in [5.41, 5.74) is 3.47. The van der Waals surface area contributed by atoms with Crippen LogP contribution in [-0.4, -0.2) is 19.2 Å². The molecular formula is C19H31NO. The summed E-state index contributed by atoms with van der Waals surface area (Å²) in [4.78, 5) is 0. The smallest absolute Gasteiger partial charge is 0.122 e. The molecule has 1 aliphatic rings. The number of aryl methyl sites for hydroxylation is 1. The first kappa shape index (κ1) is 16.4. The van der Waals surface area contributed by atoms with E-state index in [1.54, 1.807) is 7.11 Å². The lowest BCUT2D eigenvalue weighted by atomic mass is 9.51. The van der Waals surface area contributed by atoms with Gasteiger partial charge in [-0.25, -0.2) is 0 Å². The summed E-state index contributed by atoms with van der Waals surface area (Å²) in [6.07, 6.45) is 2.46. The van der Waals surface area contributed by atoms with Crippen LogP contribution in [0.2, 0.25) is 0 Å². The summed E-state index contributed by atoms with van der Waals surface area (Å²) in [5.74, 6) is 1.01. The maximum Gasteiger partial charge on any atom is 0.122 e. The molecular weight excluding hydrogens is 258 g/mol. The van der Waals surface area contributed by atoms with Gasteiger partial charge in [-0.3, -0.25) is 0 Å². The van der Waals surface area contributed by atoms with Crippen molar-refractivity contribution in [3.8, 4) is 5.75 Å². The van der Waals surface area contributed by atoms with Crippen LogP contribution >= 0.6 is 0 Å². The predicted molar refractivity (Wildman–Crippen MR) is 90.2 cm³/mol. The fourth-order valence-electron chi connectivity index (χ4n) is 3.80. The van der Waals surface area contributed by atoms with Crippen molar-refractivity contribution < 1.29 is 4.74 Å². The van der Waals surface area contributed by atoms with E-state index in [9.17, 15) is 0 Å². The summed E-state index contributed by atoms with van der Waals surface area (Å²) in [5, 5.41) is 3.71. The highest BCUT2D eigenvalue weighted by atomic mass is 16.5. The monoisotopic (exact) mass is 289 g/mol. The van der Waals surface area contributed by atoms with Crippen LogP contribution in [0.25, 0.3) is 0 Å². The molecule has 0 atom stereocenters. The molecule has 0 saturated heterocycles. The lowest BCUT2D eigenvalue weighted by Gasteiger charge is -2.55. The van der Waals surface area contributed by atoms with Gasteiger partial charge in [0.1, 0.15) is 5.75 Å². The Morgan fingerprint density at radius 3 is 2.29 bits per heavy atom. The molecule has 1 aliphatic carbocycles. The first-order valence-corrected chi connectivity index (χ1v) is 7.97. The number of nitrogens with one attached hydrogen (secondary N) is 1. The maximum atomic E-state index is 5.53. The van der Waals surface area contributed by atoms with E-state index in [4.69, 9.17) is 4.74 Å². The molecule has 21 heavy (non-hydrogen) atoms. The van der Waals surface area contributed by atoms with E-state index >= 15 is 0 Å². The van der Waals surface area contributed by atoms with E-state index in [2.05, 4.69) is 65.1 Å². The minimum Gasteiger partial charge on any atom is -0.496 e. The summed E-state index contributed by atoms with van der Waals surface area (Å²) in [6.45, 7) is 14.6. The molecule has 118 valence electrons. The topological polar surface area (TPSA) is 21.3 Å². The Morgan fingerprint density at radius 1 is 1.19 bits per heavy atom. The van der Waals surface area contributed by atoms with Crippen molar-refractivity contribution in [1.82, 2.24) is 5.32 Å². The molecule has 0 radical (unpaired) electrons. The van der Waals surface area contributed by atoms with Gasteiger partial charge in [-0.15, -0.1) is 0 Å². The minimum absolute atomic E-state index is 0.154. The first-order chi connectivity index (χ1) is 9.57. The van der Waals surface area contributed by atoms with Crippen LogP contribution in [0.1, 0.15) is 58.6 Å². The number of hydrogen-bond donors (Lipinski definition) is 1. The quantitative estimate of drug-likeness (QED) is 0.884. The Hall–Kier alpha value is -1.02. The molecule has 0 aliphatic heterocycles. The van der Waals surface area contributed by atoms with Gasteiger partial charge in [0.05, 0.1) is 7.11 Å². The van der Waals surface area contributed by atoms with Gasteiger partial charge in [0.15, 0.2) is 0 Å². The molecule has 0 unspecified atom stereocenters. The third-order valence-electron chi connectivity index (χ3n) is 4.61. The highest BCUT2D eigenvalue weighted by Crippen LogP contribution is 2.55. The maximum absolute atomic E-state index is 5.53. The zero-order chi connectivity index (χ0) is 15.9. The number of rotatable bonds is 4. The SMILES string of the molecule is COc1cc(C2(CNC(C)(C)C)CC(C)(C)C2)ccc1C. The number of methoxy groups -OCH3 is 1. The van der Waals surface area contributed by atoms with E-state index in [-0.39, 0.29) is 11.0 Å². The molecule has 1 aromatic carbocycles. The highest BCUT2D eigenvalue weighted by Gasteiger charge is 2.50. The van der Waals surface area contributed by atoms with Crippen LogP contribution < -0.4 is 10.1 Å². The molecule has 1 aromatic rings. The van der Waals surface area contributed by atoms with Crippen LogP contribution in [0, 0.1) is 12.3 Å². The Kier molecular flexibility index (Phi) is 4.14. The zero-order valence-electron chi connectivity index (χ0n) is 14.8. The van der Waals surface area contributed by atoms with E-state index in [0.29, 0.717) is 5.41 Å². The molecule has 0 amide bonds. The lowest BCUT2D eigenvalue weighted by Crippen LogP contribution is -2.55. The van der Waals surface area contributed by atoms with E-state index < -0.39 is 0 Å². The van der Waals surface area contributed by atoms with Gasteiger partial charge in [0.25, 0.3) is 0 Å². The normalized spacial score (nSPS) is 20.0. The van der Waals surface area contributed by atoms with Crippen LogP contribution in [0.5, 0.6) is 5.75 Å². The second-order valence-corrected chi connectivity index (χ2v) is 8.59. The van der Waals surface area contributed by atoms with E-state index in [1.807, 2.05) is 0 Å². The van der Waals surface area contributed by atoms with Gasteiger partial charge in [0.2, 0.25) is 0 Å². The van der Waals surface area contributed by atoms with Crippen molar-refractivity contribution in [1.29, 1.82) is 0 Å². The number of benzene rings is 1. The third-order valence-corrected chi connectivity index (χ3v) is 4.61. The fourth-order valence-corrected chi connectivity index (χ4v) is 3.80. The van der Waals surface area contributed by atoms with Crippen LogP contribution in [0.3, 0.4) is 0 Å². The van der Waals surface area contributed by atoms with Gasteiger partial charge in [-0.2, -0.15) is 0 Å². The van der Waals surface area contributed by atoms with Crippen LogP contribution in [0.15, 0.2) is 18.2 Å². The van der Waals surface area contributed by atoms with Crippen molar-refractivity contribution in [3.05, 3.63) is 29.3 Å². The Labute approximate surface area is 130 Å². The molecule has 1 fully saturated rings. The second-order valence-electron chi connectivity index (χ2n) is 8.59. The second kappa shape index (κ2) is 5.31. The standard InChI is InChI=1S/C19H31NO/c1-14-8-9-15(10-16(14)21-7)19(11-18(5,6)12-19)13-20-17(2,3)4/h8-10,20H,11-13H2,1-7H3. The molecule has 0 bridgehead atoms. The lowest BCUT2D eigenvalue weighted by molar-refractivity contribution is 0.0511. The van der Waals surface area contributed by atoms with Crippen molar-refractivity contribution in [2.45, 2.75) is 65.3 Å². The van der Waals surface area contributed by atoms with Crippen LogP contribution in [0.4, 0.5) is 0 Å². The van der Waals surface area contributed by atoms with Crippen molar-refractivity contribution in [2.75, 3.05) is 13.7 Å². The van der Waals surface area contributed by atoms with E-state index in [1.165, 1.54) is 24.0 Å². The van der Waals surface area contributed by atoms with Crippen molar-refractivity contribution >= 4 is 0 Å². The van der Waals surface area contributed by atoms with Gasteiger partial charge in [0, 0.05) is 17.5 Å². The third kappa shape index (κ3) is 3.60. The van der Waals surface area contributed by atoms with Gasteiger partial charge in [-0.05, 0) is 63.1 Å². The van der Waals surface area contributed by atoms with Gasteiger partial charge >= 0.3 is 0 Å². The largest absolute Gasteiger partial charge is 0.496 e. The van der Waals surface area contributed by atoms with Crippen molar-refractivity contribution in [3.63, 3.8) is 0 Å². The van der Waals surface area contributed by atoms with E-state index in [0.717, 1.165) is 12.3 Å². The van der Waals surface area contributed by atoms with Gasteiger partial charge in [-0.1, -0.05) is 26.0 Å². The molecule has 2 rings (SSSR count). The summed E-state index contributed by atoms with van der Waals surface area (Å²) in [7, 11) is 1.76. The summed E-state index contributed by atoms with van der Waals surface area (Å²) >= 11 is 0. The Balaban J connectivity index is 2.29. The predicted octanol–water partition coefficient (Wildman–Crippen LogP) is 4.45. The minimum atomic E-state index is 0.154. The zero-order valence-corrected chi connectivity index (χ0v) is 14.8.